The maximum absolute atomic E-state index is 14.2. The zero-order valence-electron chi connectivity index (χ0n) is 39.3. The topological polar surface area (TPSA) is 146 Å². The first-order valence-corrected chi connectivity index (χ1v) is 22.1. The lowest BCUT2D eigenvalue weighted by atomic mass is 9.80. The number of amides is 3. The highest BCUT2D eigenvalue weighted by molar-refractivity contribution is 7.60. The number of H-pyrrole nitrogens is 2. The van der Waals surface area contributed by atoms with Gasteiger partial charge >= 0.3 is 6.09 Å². The van der Waals surface area contributed by atoms with E-state index in [0.29, 0.717) is 19.1 Å². The highest BCUT2D eigenvalue weighted by atomic mass is 32.1. The molecular formula is C48H73N7O5S7. The number of aromatic amines is 2. The number of carbonyl (C=O) groups excluding carboxylic acids is 3. The molecule has 9 rings (SSSR count). The molecule has 1 saturated carbocycles. The molecule has 12 nitrogen and oxygen atoms in total. The van der Waals surface area contributed by atoms with Gasteiger partial charge in [-0.1, -0.05) is 83.5 Å². The number of benzene rings is 3. The molecule has 2 aromatic heterocycles. The van der Waals surface area contributed by atoms with Gasteiger partial charge in [-0.2, -0.15) is 94.5 Å². The quantitative estimate of drug-likeness (QED) is 0.133. The standard InChI is InChI=1S/C48H59N7O5.7H2S/c1-27(2)29(5)45(56)54-25-48(19-8-20-60-26-48)23-40(54)43-49-24-37(51-43)31-13-11-30(12-14-31)32-15-17-35-33(21-32)16-18-36-42(35)52-44(50-36)39-22-34-9-7-10-38(34)55(39)46(57)41(28(3)4)53-47(58)59-6;;;;;;;/h11-18,21,24,27-29,34,38-41H,7-10,19-20,22-23,25-26H2,1-6H3,(H,49,51)(H,50,52)(H,53,58);7*1H2/t29-,34-,38-,39-,40-,41-,48-;;;;;;;/m0......./s1. The van der Waals surface area contributed by atoms with Crippen molar-refractivity contribution in [1.82, 2.24) is 35.1 Å². The van der Waals surface area contributed by atoms with Crippen molar-refractivity contribution in [2.75, 3.05) is 26.9 Å². The Morgan fingerprint density at radius 3 is 2.16 bits per heavy atom. The molecule has 5 heterocycles. The Labute approximate surface area is 444 Å². The summed E-state index contributed by atoms with van der Waals surface area (Å²) < 4.78 is 10.8. The number of alkyl carbamates (subject to hydrolysis) is 1. The molecule has 7 atom stereocenters. The average molecular weight is 1050 g/mol. The van der Waals surface area contributed by atoms with E-state index in [2.05, 4.69) is 88.6 Å². The number of aromatic nitrogens is 4. The molecule has 1 spiro atoms. The number of likely N-dealkylation sites (tertiary alicyclic amines) is 2. The van der Waals surface area contributed by atoms with Gasteiger partial charge in [0.1, 0.15) is 17.7 Å². The second-order valence-electron chi connectivity index (χ2n) is 18.8. The van der Waals surface area contributed by atoms with Gasteiger partial charge in [-0.3, -0.25) is 9.59 Å². The van der Waals surface area contributed by atoms with E-state index in [1.54, 1.807) is 0 Å². The summed E-state index contributed by atoms with van der Waals surface area (Å²) in [6.07, 6.45) is 8.25. The van der Waals surface area contributed by atoms with Crippen molar-refractivity contribution < 1.29 is 23.9 Å². The minimum absolute atomic E-state index is 0. The first-order chi connectivity index (χ1) is 28.9. The molecule has 0 bridgehead atoms. The van der Waals surface area contributed by atoms with Gasteiger partial charge in [0, 0.05) is 35.9 Å². The Morgan fingerprint density at radius 1 is 0.806 bits per heavy atom. The van der Waals surface area contributed by atoms with E-state index in [1.165, 1.54) is 7.11 Å². The number of imidazole rings is 2. The highest BCUT2D eigenvalue weighted by Gasteiger charge is 2.50. The molecule has 0 radical (unpaired) electrons. The fourth-order valence-electron chi connectivity index (χ4n) is 10.6. The van der Waals surface area contributed by atoms with Crippen LogP contribution >= 0.6 is 94.5 Å². The lowest BCUT2D eigenvalue weighted by Crippen LogP contribution is -2.53. The second kappa shape index (κ2) is 24.9. The summed E-state index contributed by atoms with van der Waals surface area (Å²) >= 11 is 0. The van der Waals surface area contributed by atoms with Crippen LogP contribution in [0.3, 0.4) is 0 Å². The van der Waals surface area contributed by atoms with Gasteiger partial charge in [0.15, 0.2) is 0 Å². The monoisotopic (exact) mass is 1050 g/mol. The van der Waals surface area contributed by atoms with Crippen molar-refractivity contribution in [2.24, 2.45) is 29.1 Å². The van der Waals surface area contributed by atoms with Gasteiger partial charge in [-0.15, -0.1) is 0 Å². The maximum Gasteiger partial charge on any atom is 0.407 e. The van der Waals surface area contributed by atoms with Crippen LogP contribution in [0, 0.1) is 29.1 Å². The van der Waals surface area contributed by atoms with Crippen LogP contribution in [0.25, 0.3) is 44.2 Å². The number of nitrogens with zero attached hydrogens (tertiary/aromatic N) is 4. The number of hydrogen-bond donors (Lipinski definition) is 3. The van der Waals surface area contributed by atoms with Crippen LogP contribution in [-0.2, 0) is 19.1 Å². The summed E-state index contributed by atoms with van der Waals surface area (Å²) in [4.78, 5) is 61.7. The summed E-state index contributed by atoms with van der Waals surface area (Å²) in [5.74, 6) is 2.27. The van der Waals surface area contributed by atoms with Crippen molar-refractivity contribution in [2.45, 2.75) is 104 Å². The molecule has 3 amide bonds. The lowest BCUT2D eigenvalue weighted by Gasteiger charge is -2.33. The third kappa shape index (κ3) is 11.7. The number of ether oxygens (including phenoxy) is 2. The normalized spacial score (nSPS) is 22.5. The van der Waals surface area contributed by atoms with E-state index >= 15 is 0 Å². The summed E-state index contributed by atoms with van der Waals surface area (Å²) in [6.45, 7) is 12.4. The van der Waals surface area contributed by atoms with Gasteiger partial charge in [-0.05, 0) is 90.5 Å². The smallest absolute Gasteiger partial charge is 0.407 e. The van der Waals surface area contributed by atoms with Gasteiger partial charge in [0.05, 0.1) is 48.7 Å². The lowest BCUT2D eigenvalue weighted by molar-refractivity contribution is -0.138. The van der Waals surface area contributed by atoms with Crippen LogP contribution < -0.4 is 5.32 Å². The average Bonchev–Trinajstić information content (AvgIpc) is 4.10. The molecule has 67 heavy (non-hydrogen) atoms. The van der Waals surface area contributed by atoms with E-state index in [-0.39, 0.29) is 148 Å². The molecule has 3 saturated heterocycles. The van der Waals surface area contributed by atoms with Crippen LogP contribution in [0.1, 0.15) is 103 Å². The van der Waals surface area contributed by atoms with Crippen molar-refractivity contribution in [3.63, 3.8) is 0 Å². The molecule has 3 N–H and O–H groups in total. The molecule has 4 aliphatic rings. The number of carbonyl (C=O) groups is 3. The van der Waals surface area contributed by atoms with E-state index < -0.39 is 12.1 Å². The maximum atomic E-state index is 14.2. The fraction of sp³-hybridized carbons (Fsp3) is 0.521. The molecule has 4 fully saturated rings. The van der Waals surface area contributed by atoms with Gasteiger partial charge in [-0.25, -0.2) is 14.8 Å². The second-order valence-corrected chi connectivity index (χ2v) is 18.8. The Morgan fingerprint density at radius 2 is 1.51 bits per heavy atom. The number of fused-ring (bicyclic) bond motifs is 4. The Kier molecular flexibility index (Phi) is 22.4. The molecule has 19 heteroatoms. The van der Waals surface area contributed by atoms with Crippen LogP contribution in [0.4, 0.5) is 4.79 Å². The minimum atomic E-state index is -0.683. The predicted octanol–water partition coefficient (Wildman–Crippen LogP) is 9.75. The Bertz CT molecular complexity index is 2430. The van der Waals surface area contributed by atoms with Crippen molar-refractivity contribution in [3.05, 3.63) is 72.4 Å². The zero-order chi connectivity index (χ0) is 41.9. The van der Waals surface area contributed by atoms with Crippen LogP contribution in [0.5, 0.6) is 0 Å². The SMILES string of the molecule is COC(=O)N[C@H](C(=O)N1[C@H](c2nc3c(ccc4cc(-c5ccc(-c6cnc([C@@H]7C[C@@]8(CCCOC8)CN7C(=O)[C@@H](C)C(C)C)[nH]6)cc5)ccc43)[nH]2)C[C@@H]2CCC[C@@H]21)C(C)C.S.S.S.S.S.S.S. The van der Waals surface area contributed by atoms with E-state index in [4.69, 9.17) is 19.4 Å². The van der Waals surface area contributed by atoms with E-state index in [1.807, 2.05) is 31.9 Å². The van der Waals surface area contributed by atoms with Gasteiger partial charge in [0.2, 0.25) is 11.8 Å². The molecule has 5 aromatic rings. The Hall–Kier alpha value is -2.78. The van der Waals surface area contributed by atoms with Gasteiger partial charge in [0.25, 0.3) is 0 Å². The van der Waals surface area contributed by atoms with Crippen molar-refractivity contribution in [1.29, 1.82) is 0 Å². The zero-order valence-corrected chi connectivity index (χ0v) is 46.3. The highest BCUT2D eigenvalue weighted by Crippen LogP contribution is 2.49. The molecule has 3 aromatic carbocycles. The summed E-state index contributed by atoms with van der Waals surface area (Å²) in [7, 11) is 1.32. The third-order valence-corrected chi connectivity index (χ3v) is 14.3. The van der Waals surface area contributed by atoms with E-state index in [0.717, 1.165) is 107 Å². The molecule has 1 aliphatic carbocycles. The van der Waals surface area contributed by atoms with E-state index in [9.17, 15) is 14.4 Å². The molecular weight excluding hydrogens is 979 g/mol. The Balaban J connectivity index is 0.00000220. The summed E-state index contributed by atoms with van der Waals surface area (Å²) in [5.41, 5.74) is 5.98. The molecule has 0 unspecified atom stereocenters. The van der Waals surface area contributed by atoms with Crippen LogP contribution in [0.2, 0.25) is 0 Å². The fourth-order valence-corrected chi connectivity index (χ4v) is 10.6. The van der Waals surface area contributed by atoms with Gasteiger partial charge < -0.3 is 34.6 Å². The summed E-state index contributed by atoms with van der Waals surface area (Å²) in [6, 6.07) is 18.4. The molecule has 3 aliphatic heterocycles. The first kappa shape index (κ1) is 60.3. The third-order valence-electron chi connectivity index (χ3n) is 14.3. The number of nitrogens with one attached hydrogen (secondary N) is 3. The van der Waals surface area contributed by atoms with Crippen LogP contribution in [-0.4, -0.2) is 86.6 Å². The van der Waals surface area contributed by atoms with Crippen molar-refractivity contribution >= 4 is 134 Å². The first-order valence-electron chi connectivity index (χ1n) is 22.1. The van der Waals surface area contributed by atoms with Crippen molar-refractivity contribution in [3.8, 4) is 22.4 Å². The van der Waals surface area contributed by atoms with Crippen LogP contribution in [0.15, 0.2) is 60.8 Å². The summed E-state index contributed by atoms with van der Waals surface area (Å²) in [5, 5.41) is 4.94. The number of hydrogen-bond acceptors (Lipinski definition) is 7. The number of rotatable bonds is 9. The predicted molar refractivity (Wildman–Crippen MR) is 304 cm³/mol. The minimum Gasteiger partial charge on any atom is -0.453 e. The number of methoxy groups -OCH3 is 1. The molecule has 372 valence electrons. The largest absolute Gasteiger partial charge is 0.453 e.